The number of rotatable bonds is 4. The minimum atomic E-state index is -0.498. The van der Waals surface area contributed by atoms with Crippen molar-refractivity contribution >= 4 is 39.1 Å². The second kappa shape index (κ2) is 8.14. The molecule has 3 aromatic carbocycles. The van der Waals surface area contributed by atoms with E-state index in [1.54, 1.807) is 28.9 Å². The fourth-order valence-corrected chi connectivity index (χ4v) is 3.07. The molecule has 0 aliphatic rings. The van der Waals surface area contributed by atoms with Gasteiger partial charge < -0.3 is 5.32 Å². The Labute approximate surface area is 179 Å². The summed E-state index contributed by atoms with van der Waals surface area (Å²) in [7, 11) is 0. The van der Waals surface area contributed by atoms with Crippen LogP contribution in [0, 0.1) is 5.82 Å². The average molecular weight is 472 g/mol. The van der Waals surface area contributed by atoms with Crippen molar-refractivity contribution in [3.05, 3.63) is 93.9 Å². The summed E-state index contributed by atoms with van der Waals surface area (Å²) in [6.45, 7) is 0. The predicted molar refractivity (Wildman–Crippen MR) is 114 cm³/mol. The van der Waals surface area contributed by atoms with E-state index in [1.807, 2.05) is 24.3 Å². The zero-order valence-electron chi connectivity index (χ0n) is 14.8. The molecule has 0 bridgehead atoms. The molecule has 0 saturated heterocycles. The minimum Gasteiger partial charge on any atom is -0.319 e. The van der Waals surface area contributed by atoms with Gasteiger partial charge in [-0.3, -0.25) is 4.79 Å². The van der Waals surface area contributed by atoms with Crippen molar-refractivity contribution in [3.8, 4) is 17.1 Å². The molecule has 0 aliphatic carbocycles. The van der Waals surface area contributed by atoms with Gasteiger partial charge in [-0.1, -0.05) is 39.7 Å². The van der Waals surface area contributed by atoms with Crippen LogP contribution in [-0.2, 0) is 0 Å². The summed E-state index contributed by atoms with van der Waals surface area (Å²) in [5.41, 5.74) is 1.95. The van der Waals surface area contributed by atoms with Crippen LogP contribution in [0.25, 0.3) is 17.1 Å². The number of anilines is 1. The lowest BCUT2D eigenvalue weighted by atomic mass is 10.2. The van der Waals surface area contributed by atoms with E-state index in [1.165, 1.54) is 24.3 Å². The van der Waals surface area contributed by atoms with Gasteiger partial charge in [0.2, 0.25) is 5.82 Å². The first-order valence-corrected chi connectivity index (χ1v) is 9.72. The van der Waals surface area contributed by atoms with Crippen molar-refractivity contribution in [2.24, 2.45) is 0 Å². The molecule has 29 heavy (non-hydrogen) atoms. The van der Waals surface area contributed by atoms with E-state index in [2.05, 4.69) is 31.3 Å². The summed E-state index contributed by atoms with van der Waals surface area (Å²) in [6.07, 6.45) is 0. The molecule has 5 nitrogen and oxygen atoms in total. The Balaban J connectivity index is 1.74. The van der Waals surface area contributed by atoms with Crippen LogP contribution in [0.2, 0.25) is 5.02 Å². The Morgan fingerprint density at radius 1 is 0.966 bits per heavy atom. The monoisotopic (exact) mass is 470 g/mol. The highest BCUT2D eigenvalue weighted by Gasteiger charge is 2.19. The van der Waals surface area contributed by atoms with E-state index >= 15 is 0 Å². The lowest BCUT2D eigenvalue weighted by Gasteiger charge is -2.06. The van der Waals surface area contributed by atoms with E-state index in [-0.39, 0.29) is 11.6 Å². The number of halogens is 3. The molecule has 1 heterocycles. The van der Waals surface area contributed by atoms with Crippen molar-refractivity contribution in [2.75, 3.05) is 5.32 Å². The maximum atomic E-state index is 13.1. The van der Waals surface area contributed by atoms with Gasteiger partial charge in [-0.2, -0.15) is 0 Å². The number of hydrogen-bond donors (Lipinski definition) is 1. The van der Waals surface area contributed by atoms with Gasteiger partial charge in [0.25, 0.3) is 5.91 Å². The van der Waals surface area contributed by atoms with E-state index in [0.717, 1.165) is 10.0 Å². The predicted octanol–water partition coefficient (Wildman–Crippen LogP) is 5.74. The highest BCUT2D eigenvalue weighted by Crippen LogP contribution is 2.24. The van der Waals surface area contributed by atoms with Crippen LogP contribution in [0.3, 0.4) is 0 Å². The first-order chi connectivity index (χ1) is 14.0. The number of nitrogens with one attached hydrogen (secondary N) is 1. The number of carbonyl (C=O) groups is 1. The van der Waals surface area contributed by atoms with Gasteiger partial charge in [-0.25, -0.2) is 14.1 Å². The third kappa shape index (κ3) is 4.36. The quantitative estimate of drug-likeness (QED) is 0.413. The van der Waals surface area contributed by atoms with Gasteiger partial charge >= 0.3 is 0 Å². The topological polar surface area (TPSA) is 59.8 Å². The van der Waals surface area contributed by atoms with Gasteiger partial charge in [0, 0.05) is 20.7 Å². The Hall–Kier alpha value is -3.03. The van der Waals surface area contributed by atoms with E-state index in [9.17, 15) is 9.18 Å². The largest absolute Gasteiger partial charge is 0.319 e. The van der Waals surface area contributed by atoms with Crippen molar-refractivity contribution in [1.82, 2.24) is 14.8 Å². The Bertz CT molecular complexity index is 1100. The average Bonchev–Trinajstić information content (AvgIpc) is 3.16. The smallest absolute Gasteiger partial charge is 0.295 e. The fourth-order valence-electron chi connectivity index (χ4n) is 2.68. The summed E-state index contributed by atoms with van der Waals surface area (Å²) in [5, 5.41) is 7.65. The van der Waals surface area contributed by atoms with Crippen LogP contribution >= 0.6 is 27.5 Å². The number of amides is 1. The highest BCUT2D eigenvalue weighted by molar-refractivity contribution is 9.10. The molecule has 0 fully saturated rings. The number of aromatic nitrogens is 3. The molecule has 0 atom stereocenters. The lowest BCUT2D eigenvalue weighted by molar-refractivity contribution is 0.101. The van der Waals surface area contributed by atoms with Gasteiger partial charge in [-0.05, 0) is 60.7 Å². The highest BCUT2D eigenvalue weighted by atomic mass is 79.9. The molecular weight excluding hydrogens is 459 g/mol. The zero-order valence-corrected chi connectivity index (χ0v) is 17.2. The third-order valence-electron chi connectivity index (χ3n) is 4.09. The standard InChI is InChI=1S/C21H13BrClFN4O/c22-14-3-1-13(2-4-14)20-26-19(21(29)25-17-9-7-16(24)8-10-17)27-28(20)18-11-5-15(23)6-12-18/h1-12H,(H,25,29). The SMILES string of the molecule is O=C(Nc1ccc(F)cc1)c1nc(-c2ccc(Br)cc2)n(-c2ccc(Cl)cc2)n1. The lowest BCUT2D eigenvalue weighted by Crippen LogP contribution is -2.14. The number of hydrogen-bond acceptors (Lipinski definition) is 3. The molecule has 4 aromatic rings. The van der Waals surface area contributed by atoms with Crippen LogP contribution in [-0.4, -0.2) is 20.7 Å². The number of carbonyl (C=O) groups excluding carboxylic acids is 1. The third-order valence-corrected chi connectivity index (χ3v) is 4.87. The maximum absolute atomic E-state index is 13.1. The maximum Gasteiger partial charge on any atom is 0.295 e. The molecular formula is C21H13BrClFN4O. The molecule has 0 aliphatic heterocycles. The molecule has 0 unspecified atom stereocenters. The molecule has 1 N–H and O–H groups in total. The van der Waals surface area contributed by atoms with Crippen LogP contribution in [0.15, 0.2) is 77.3 Å². The molecule has 0 saturated carbocycles. The molecule has 0 spiro atoms. The van der Waals surface area contributed by atoms with E-state index in [0.29, 0.717) is 22.2 Å². The van der Waals surface area contributed by atoms with Crippen LogP contribution in [0.5, 0.6) is 0 Å². The minimum absolute atomic E-state index is 0.0119. The molecule has 0 radical (unpaired) electrons. The summed E-state index contributed by atoms with van der Waals surface area (Å²) < 4.78 is 15.6. The first kappa shape index (κ1) is 19.3. The van der Waals surface area contributed by atoms with Crippen molar-refractivity contribution in [2.45, 2.75) is 0 Å². The van der Waals surface area contributed by atoms with Crippen molar-refractivity contribution in [3.63, 3.8) is 0 Å². The van der Waals surface area contributed by atoms with Gasteiger partial charge in [0.15, 0.2) is 5.82 Å². The molecule has 144 valence electrons. The zero-order chi connectivity index (χ0) is 20.4. The van der Waals surface area contributed by atoms with Crippen LogP contribution in [0.1, 0.15) is 10.6 Å². The summed E-state index contributed by atoms with van der Waals surface area (Å²) in [6, 6.07) is 20.1. The second-order valence-corrected chi connectivity index (χ2v) is 7.47. The van der Waals surface area contributed by atoms with E-state index < -0.39 is 5.91 Å². The Morgan fingerprint density at radius 2 is 1.62 bits per heavy atom. The van der Waals surface area contributed by atoms with Gasteiger partial charge in [0.05, 0.1) is 5.69 Å². The van der Waals surface area contributed by atoms with E-state index in [4.69, 9.17) is 11.6 Å². The van der Waals surface area contributed by atoms with Crippen molar-refractivity contribution < 1.29 is 9.18 Å². The van der Waals surface area contributed by atoms with Gasteiger partial charge in [0.1, 0.15) is 5.82 Å². The summed E-state index contributed by atoms with van der Waals surface area (Å²) in [4.78, 5) is 17.1. The molecule has 8 heteroatoms. The number of benzene rings is 3. The summed E-state index contributed by atoms with van der Waals surface area (Å²) in [5.74, 6) is -0.389. The van der Waals surface area contributed by atoms with Crippen LogP contribution < -0.4 is 5.32 Å². The number of nitrogens with zero attached hydrogens (tertiary/aromatic N) is 3. The van der Waals surface area contributed by atoms with Crippen molar-refractivity contribution in [1.29, 1.82) is 0 Å². The summed E-state index contributed by atoms with van der Waals surface area (Å²) >= 11 is 9.40. The normalized spacial score (nSPS) is 10.7. The fraction of sp³-hybridized carbons (Fsp3) is 0. The Kier molecular flexibility index (Phi) is 5.42. The molecule has 1 amide bonds. The molecule has 4 rings (SSSR count). The first-order valence-electron chi connectivity index (χ1n) is 8.55. The van der Waals surface area contributed by atoms with Gasteiger partial charge in [-0.15, -0.1) is 5.10 Å². The second-order valence-electron chi connectivity index (χ2n) is 6.12. The Morgan fingerprint density at radius 3 is 2.28 bits per heavy atom. The van der Waals surface area contributed by atoms with Crippen LogP contribution in [0.4, 0.5) is 10.1 Å². The molecule has 1 aromatic heterocycles.